The summed E-state index contributed by atoms with van der Waals surface area (Å²) in [5.74, 6) is -4.77. The van der Waals surface area contributed by atoms with Crippen LogP contribution in [-0.2, 0) is 35.3 Å². The maximum atomic E-state index is 13.8. The fourth-order valence-corrected chi connectivity index (χ4v) is 6.30. The van der Waals surface area contributed by atoms with Crippen molar-refractivity contribution in [2.24, 2.45) is 17.8 Å². The highest BCUT2D eigenvalue weighted by Gasteiger charge is 2.41. The Bertz CT molecular complexity index is 1150. The Morgan fingerprint density at radius 1 is 0.740 bits per heavy atom. The second kappa shape index (κ2) is 23.5. The number of carbonyl (C=O) groups is 4. The molecule has 11 nitrogen and oxygen atoms in total. The first-order valence-electron chi connectivity index (χ1n) is 19.0. The maximum absolute atomic E-state index is 13.8. The van der Waals surface area contributed by atoms with Gasteiger partial charge < -0.3 is 35.6 Å². The summed E-state index contributed by atoms with van der Waals surface area (Å²) in [7, 11) is 0. The average molecular weight is 704 g/mol. The van der Waals surface area contributed by atoms with Gasteiger partial charge in [0.15, 0.2) is 6.04 Å². The summed E-state index contributed by atoms with van der Waals surface area (Å²) in [5.41, 5.74) is 0.855. The number of cyclic esters (lactones) is 1. The van der Waals surface area contributed by atoms with Crippen molar-refractivity contribution in [2.45, 2.75) is 162 Å². The number of esters is 1. The summed E-state index contributed by atoms with van der Waals surface area (Å²) < 4.78 is 11.8. The SMILES string of the molecule is CCCCCCCCCCCCCC(O)C(C)C1OC(=O)C(COCc2ccccc2)NC(=O)C(C(C)O)NC(=O)C(C(C)C)NC(=O)C1C. The van der Waals surface area contributed by atoms with Crippen molar-refractivity contribution in [3.8, 4) is 0 Å². The minimum atomic E-state index is -1.41. The quantitative estimate of drug-likeness (QED) is 0.0941. The Kier molecular flexibility index (Phi) is 20.2. The molecule has 1 aliphatic rings. The van der Waals surface area contributed by atoms with E-state index in [4.69, 9.17) is 9.47 Å². The summed E-state index contributed by atoms with van der Waals surface area (Å²) >= 11 is 0. The lowest BCUT2D eigenvalue weighted by molar-refractivity contribution is -0.165. The molecule has 1 fully saturated rings. The third-order valence-electron chi connectivity index (χ3n) is 9.69. The number of ether oxygens (including phenoxy) is 2. The van der Waals surface area contributed by atoms with Gasteiger partial charge in [-0.3, -0.25) is 14.4 Å². The number of amides is 3. The lowest BCUT2D eigenvalue weighted by Crippen LogP contribution is -2.60. The molecule has 1 aliphatic heterocycles. The number of unbranched alkanes of at least 4 members (excludes halogenated alkanes) is 10. The molecule has 1 saturated heterocycles. The van der Waals surface area contributed by atoms with Crippen LogP contribution in [0.25, 0.3) is 0 Å². The van der Waals surface area contributed by atoms with Crippen LogP contribution >= 0.6 is 0 Å². The lowest BCUT2D eigenvalue weighted by atomic mass is 9.86. The van der Waals surface area contributed by atoms with Crippen LogP contribution in [-0.4, -0.2) is 76.9 Å². The number of aliphatic hydroxyl groups is 2. The maximum Gasteiger partial charge on any atom is 0.331 e. The predicted octanol–water partition coefficient (Wildman–Crippen LogP) is 4.95. The lowest BCUT2D eigenvalue weighted by Gasteiger charge is -2.33. The van der Waals surface area contributed by atoms with Crippen molar-refractivity contribution < 1.29 is 38.9 Å². The van der Waals surface area contributed by atoms with E-state index in [9.17, 15) is 29.4 Å². The highest BCUT2D eigenvalue weighted by atomic mass is 16.6. The summed E-state index contributed by atoms with van der Waals surface area (Å²) in [6.45, 7) is 10.3. The first kappa shape index (κ1) is 43.1. The van der Waals surface area contributed by atoms with Crippen LogP contribution in [0.3, 0.4) is 0 Å². The van der Waals surface area contributed by atoms with Crippen molar-refractivity contribution in [1.82, 2.24) is 16.0 Å². The Hall–Kier alpha value is -3.02. The molecule has 0 aliphatic carbocycles. The first-order valence-corrected chi connectivity index (χ1v) is 19.0. The summed E-state index contributed by atoms with van der Waals surface area (Å²) in [6, 6.07) is 5.54. The van der Waals surface area contributed by atoms with Crippen LogP contribution in [0, 0.1) is 17.8 Å². The van der Waals surface area contributed by atoms with Crippen LogP contribution in [0.4, 0.5) is 0 Å². The molecule has 0 radical (unpaired) electrons. The molecule has 8 unspecified atom stereocenters. The molecule has 0 aromatic heterocycles. The second-order valence-corrected chi connectivity index (χ2v) is 14.5. The molecule has 0 saturated carbocycles. The van der Waals surface area contributed by atoms with Gasteiger partial charge in [-0.1, -0.05) is 136 Å². The monoisotopic (exact) mass is 703 g/mol. The smallest absolute Gasteiger partial charge is 0.331 e. The third-order valence-corrected chi connectivity index (χ3v) is 9.69. The summed E-state index contributed by atoms with van der Waals surface area (Å²) in [4.78, 5) is 54.2. The van der Waals surface area contributed by atoms with Gasteiger partial charge in [-0.15, -0.1) is 0 Å². The number of benzene rings is 1. The van der Waals surface area contributed by atoms with Crippen LogP contribution in [0.2, 0.25) is 0 Å². The van der Waals surface area contributed by atoms with E-state index in [2.05, 4.69) is 22.9 Å². The number of rotatable bonds is 20. The largest absolute Gasteiger partial charge is 0.460 e. The van der Waals surface area contributed by atoms with Gasteiger partial charge in [-0.25, -0.2) is 4.79 Å². The summed E-state index contributed by atoms with van der Waals surface area (Å²) in [6.07, 6.45) is 10.2. The van der Waals surface area contributed by atoms with Crippen molar-refractivity contribution in [1.29, 1.82) is 0 Å². The van der Waals surface area contributed by atoms with Gasteiger partial charge in [0.25, 0.3) is 0 Å². The van der Waals surface area contributed by atoms with Gasteiger partial charge in [0, 0.05) is 5.92 Å². The zero-order valence-corrected chi connectivity index (χ0v) is 31.3. The van der Waals surface area contributed by atoms with E-state index < -0.39 is 72.0 Å². The number of hydrogen-bond donors (Lipinski definition) is 5. The Labute approximate surface area is 300 Å². The fraction of sp³-hybridized carbons (Fsp3) is 0.744. The van der Waals surface area contributed by atoms with E-state index in [0.29, 0.717) is 6.42 Å². The molecule has 3 amide bonds. The van der Waals surface area contributed by atoms with Crippen LogP contribution in [0.15, 0.2) is 30.3 Å². The molecule has 1 aromatic carbocycles. The van der Waals surface area contributed by atoms with E-state index in [-0.39, 0.29) is 19.1 Å². The molecule has 0 spiro atoms. The van der Waals surface area contributed by atoms with Gasteiger partial charge >= 0.3 is 5.97 Å². The van der Waals surface area contributed by atoms with Gasteiger partial charge in [0.2, 0.25) is 17.7 Å². The molecule has 0 bridgehead atoms. The third kappa shape index (κ3) is 15.1. The van der Waals surface area contributed by atoms with Crippen LogP contribution in [0.1, 0.15) is 124 Å². The average Bonchev–Trinajstić information content (AvgIpc) is 3.09. The minimum Gasteiger partial charge on any atom is -0.460 e. The van der Waals surface area contributed by atoms with Crippen molar-refractivity contribution in [3.63, 3.8) is 0 Å². The predicted molar refractivity (Wildman–Crippen MR) is 194 cm³/mol. The van der Waals surface area contributed by atoms with E-state index in [1.165, 1.54) is 51.9 Å². The number of hydrogen-bond acceptors (Lipinski definition) is 8. The van der Waals surface area contributed by atoms with E-state index in [1.807, 2.05) is 30.3 Å². The molecule has 1 heterocycles. The molecule has 11 heteroatoms. The van der Waals surface area contributed by atoms with E-state index >= 15 is 0 Å². The molecule has 2 rings (SSSR count). The Morgan fingerprint density at radius 3 is 1.84 bits per heavy atom. The van der Waals surface area contributed by atoms with Crippen LogP contribution < -0.4 is 16.0 Å². The molecular weight excluding hydrogens is 638 g/mol. The Morgan fingerprint density at radius 2 is 1.28 bits per heavy atom. The molecule has 1 aromatic rings. The van der Waals surface area contributed by atoms with Crippen molar-refractivity contribution in [3.05, 3.63) is 35.9 Å². The number of carbonyl (C=O) groups excluding carboxylic acids is 4. The highest BCUT2D eigenvalue weighted by Crippen LogP contribution is 2.25. The fourth-order valence-electron chi connectivity index (χ4n) is 6.30. The van der Waals surface area contributed by atoms with Crippen molar-refractivity contribution in [2.75, 3.05) is 6.61 Å². The highest BCUT2D eigenvalue weighted by molar-refractivity contribution is 5.94. The molecule has 284 valence electrons. The number of nitrogens with one attached hydrogen (secondary N) is 3. The zero-order valence-electron chi connectivity index (χ0n) is 31.3. The zero-order chi connectivity index (χ0) is 37.1. The van der Waals surface area contributed by atoms with E-state index in [1.54, 1.807) is 27.7 Å². The Balaban J connectivity index is 2.20. The van der Waals surface area contributed by atoms with Gasteiger partial charge in [0.1, 0.15) is 18.2 Å². The van der Waals surface area contributed by atoms with Crippen molar-refractivity contribution >= 4 is 23.7 Å². The topological polar surface area (TPSA) is 163 Å². The minimum absolute atomic E-state index is 0.156. The van der Waals surface area contributed by atoms with Crippen LogP contribution in [0.5, 0.6) is 0 Å². The van der Waals surface area contributed by atoms with E-state index in [0.717, 1.165) is 31.2 Å². The van der Waals surface area contributed by atoms with Gasteiger partial charge in [0.05, 0.1) is 31.3 Å². The number of aliphatic hydroxyl groups excluding tert-OH is 2. The standard InChI is InChI=1S/C39H65N3O8/c1-7-8-9-10-11-12-13-14-15-16-20-23-32(44)27(4)35-28(5)36(45)41-33(26(2)3)37(46)42-34(29(6)43)38(47)40-31(39(48)50-35)25-49-24-30-21-18-17-19-22-30/h17-19,21-22,26-29,31-35,43-44H,7-16,20,23-25H2,1-6H3,(H,40,47)(H,41,45)(H,42,46). The molecule has 5 N–H and O–H groups in total. The van der Waals surface area contributed by atoms with Gasteiger partial charge in [-0.2, -0.15) is 0 Å². The second-order valence-electron chi connectivity index (χ2n) is 14.5. The molecule has 8 atom stereocenters. The molecule has 50 heavy (non-hydrogen) atoms. The van der Waals surface area contributed by atoms with Gasteiger partial charge in [-0.05, 0) is 24.8 Å². The molecular formula is C39H65N3O8. The first-order chi connectivity index (χ1) is 23.9. The normalized spacial score (nSPS) is 24.1. The summed E-state index contributed by atoms with van der Waals surface area (Å²) in [5, 5.41) is 29.6.